The van der Waals surface area contributed by atoms with E-state index in [0.29, 0.717) is 0 Å². The maximum absolute atomic E-state index is 3.44. The molecule has 2 nitrogen and oxygen atoms in total. The van der Waals surface area contributed by atoms with Gasteiger partial charge in [-0.15, -0.1) is 0 Å². The number of nitrogens with one attached hydrogen (secondary N) is 1. The average molecular weight is 477 g/mol. The zero-order valence-electron chi connectivity index (χ0n) is 23.2. The van der Waals surface area contributed by atoms with E-state index in [4.69, 9.17) is 0 Å². The summed E-state index contributed by atoms with van der Waals surface area (Å²) in [6, 6.07) is 16.5. The lowest BCUT2D eigenvalue weighted by Crippen LogP contribution is -2.30. The Balaban J connectivity index is 0.000000183. The van der Waals surface area contributed by atoms with Crippen LogP contribution >= 0.6 is 0 Å². The number of fused-ring (bicyclic) bond motifs is 1. The highest BCUT2D eigenvalue weighted by molar-refractivity contribution is 5.57. The van der Waals surface area contributed by atoms with Gasteiger partial charge in [-0.25, -0.2) is 0 Å². The van der Waals surface area contributed by atoms with E-state index < -0.39 is 0 Å². The van der Waals surface area contributed by atoms with Crippen LogP contribution in [0.15, 0.2) is 42.5 Å². The fraction of sp³-hybridized carbons (Fsp3) is 0.636. The molecule has 5 rings (SSSR count). The highest BCUT2D eigenvalue weighted by Crippen LogP contribution is 2.34. The largest absolute Gasteiger partial charge is 0.371 e. The molecule has 2 aromatic rings. The van der Waals surface area contributed by atoms with Gasteiger partial charge in [0.1, 0.15) is 0 Å². The number of benzene rings is 2. The summed E-state index contributed by atoms with van der Waals surface area (Å²) in [6.45, 7) is 13.4. The maximum Gasteiger partial charge on any atom is 0.0401 e. The molecular weight excluding hydrogens is 424 g/mol. The summed E-state index contributed by atoms with van der Waals surface area (Å²) in [7, 11) is 0. The van der Waals surface area contributed by atoms with Crippen LogP contribution < -0.4 is 10.2 Å². The second-order valence-electron chi connectivity index (χ2n) is 10.5. The minimum absolute atomic E-state index is 0.800. The van der Waals surface area contributed by atoms with Gasteiger partial charge in [0.05, 0.1) is 0 Å². The van der Waals surface area contributed by atoms with E-state index in [1.54, 1.807) is 11.1 Å². The van der Waals surface area contributed by atoms with E-state index >= 15 is 0 Å². The average Bonchev–Trinajstić information content (AvgIpc) is 3.77. The van der Waals surface area contributed by atoms with Gasteiger partial charge in [0.25, 0.3) is 0 Å². The molecule has 1 N–H and O–H groups in total. The van der Waals surface area contributed by atoms with Gasteiger partial charge in [-0.1, -0.05) is 83.4 Å². The van der Waals surface area contributed by atoms with Gasteiger partial charge < -0.3 is 10.2 Å². The Labute approximate surface area is 216 Å². The van der Waals surface area contributed by atoms with Crippen molar-refractivity contribution in [3.05, 3.63) is 64.7 Å². The number of rotatable bonds is 8. The fourth-order valence-corrected chi connectivity index (χ4v) is 5.39. The molecule has 194 valence electrons. The number of piperidine rings is 1. The third-order valence-electron chi connectivity index (χ3n) is 7.88. The molecule has 2 heterocycles. The minimum Gasteiger partial charge on any atom is -0.371 e. The zero-order chi connectivity index (χ0) is 24.9. The summed E-state index contributed by atoms with van der Waals surface area (Å²) in [4.78, 5) is 2.58. The summed E-state index contributed by atoms with van der Waals surface area (Å²) in [6.07, 6.45) is 14.6. The van der Waals surface area contributed by atoms with Crippen LogP contribution in [0.2, 0.25) is 0 Å². The quantitative estimate of drug-likeness (QED) is 0.412. The standard InChI is InChI=1S/C16H23N.C15H23N.C2H6/c1-2-13(1)3-4-14-5-7-15(8-6-14)16-9-11-17-12-10-16;1-3-5-10-16-11-6-7-14-9-8-13(4-2)12-15(14)16;1-2/h5-8,13,16-17H,1-4,9-12H2;8-9,12H,3-7,10-11H2,1-2H3;1-2H3. The molecule has 2 fully saturated rings. The van der Waals surface area contributed by atoms with Crippen LogP contribution in [-0.4, -0.2) is 26.2 Å². The molecule has 3 aliphatic rings. The summed E-state index contributed by atoms with van der Waals surface area (Å²) in [5.74, 6) is 1.85. The molecule has 0 bridgehead atoms. The second kappa shape index (κ2) is 15.3. The highest BCUT2D eigenvalue weighted by Gasteiger charge is 2.20. The Morgan fingerprint density at radius 2 is 1.60 bits per heavy atom. The molecule has 35 heavy (non-hydrogen) atoms. The third kappa shape index (κ3) is 8.98. The van der Waals surface area contributed by atoms with Gasteiger partial charge >= 0.3 is 0 Å². The lowest BCUT2D eigenvalue weighted by molar-refractivity contribution is 0.460. The molecule has 1 saturated carbocycles. The lowest BCUT2D eigenvalue weighted by atomic mass is 9.89. The molecule has 0 aromatic heterocycles. The predicted octanol–water partition coefficient (Wildman–Crippen LogP) is 8.32. The van der Waals surface area contributed by atoms with E-state index in [-0.39, 0.29) is 0 Å². The van der Waals surface area contributed by atoms with Crippen molar-refractivity contribution in [3.8, 4) is 0 Å². The van der Waals surface area contributed by atoms with Crippen molar-refractivity contribution in [2.45, 2.75) is 104 Å². The zero-order valence-corrected chi connectivity index (χ0v) is 23.2. The van der Waals surface area contributed by atoms with Crippen molar-refractivity contribution in [1.29, 1.82) is 0 Å². The Bertz CT molecular complexity index is 831. The van der Waals surface area contributed by atoms with E-state index in [9.17, 15) is 0 Å². The summed E-state index contributed by atoms with van der Waals surface area (Å²) >= 11 is 0. The number of nitrogens with zero attached hydrogens (tertiary/aromatic N) is 1. The summed E-state index contributed by atoms with van der Waals surface area (Å²) < 4.78 is 0. The van der Waals surface area contributed by atoms with Crippen LogP contribution in [-0.2, 0) is 19.3 Å². The van der Waals surface area contributed by atoms with Crippen molar-refractivity contribution in [2.24, 2.45) is 5.92 Å². The lowest BCUT2D eigenvalue weighted by Gasteiger charge is -2.31. The molecule has 0 amide bonds. The van der Waals surface area contributed by atoms with Crippen LogP contribution in [0.25, 0.3) is 0 Å². The van der Waals surface area contributed by atoms with Crippen LogP contribution in [0.4, 0.5) is 5.69 Å². The molecule has 0 atom stereocenters. The minimum atomic E-state index is 0.800. The first-order chi connectivity index (χ1) is 17.3. The summed E-state index contributed by atoms with van der Waals surface area (Å²) in [5.41, 5.74) is 7.64. The molecule has 2 aliphatic heterocycles. The fourth-order valence-electron chi connectivity index (χ4n) is 5.39. The SMILES string of the molecule is CC.CCCCN1CCCc2ccc(CC)cc21.c1cc(C2CCNCC2)ccc1CCC1CC1. The number of hydrogen-bond acceptors (Lipinski definition) is 2. The Morgan fingerprint density at radius 3 is 2.26 bits per heavy atom. The molecule has 2 heteroatoms. The number of unbranched alkanes of at least 4 members (excludes halogenated alkanes) is 1. The van der Waals surface area contributed by atoms with Gasteiger partial charge in [0.15, 0.2) is 0 Å². The van der Waals surface area contributed by atoms with Crippen molar-refractivity contribution in [2.75, 3.05) is 31.1 Å². The van der Waals surface area contributed by atoms with Crippen molar-refractivity contribution in [3.63, 3.8) is 0 Å². The normalized spacial score (nSPS) is 17.5. The first-order valence-corrected chi connectivity index (χ1v) is 14.9. The molecule has 0 unspecified atom stereocenters. The topological polar surface area (TPSA) is 15.3 Å². The molecule has 1 saturated heterocycles. The first-order valence-electron chi connectivity index (χ1n) is 14.9. The first kappa shape index (κ1) is 27.8. The number of hydrogen-bond donors (Lipinski definition) is 1. The molecular formula is C33H52N2. The van der Waals surface area contributed by atoms with Crippen LogP contribution in [0.5, 0.6) is 0 Å². The monoisotopic (exact) mass is 476 g/mol. The molecule has 2 aromatic carbocycles. The summed E-state index contributed by atoms with van der Waals surface area (Å²) in [5, 5.41) is 3.44. The van der Waals surface area contributed by atoms with Crippen molar-refractivity contribution in [1.82, 2.24) is 5.32 Å². The van der Waals surface area contributed by atoms with E-state index in [2.05, 4.69) is 66.5 Å². The van der Waals surface area contributed by atoms with Gasteiger partial charge in [0.2, 0.25) is 0 Å². The second-order valence-corrected chi connectivity index (χ2v) is 10.5. The third-order valence-corrected chi connectivity index (χ3v) is 7.88. The smallest absolute Gasteiger partial charge is 0.0401 e. The van der Waals surface area contributed by atoms with Crippen LogP contribution in [0, 0.1) is 5.92 Å². The molecule has 0 spiro atoms. The maximum atomic E-state index is 3.44. The molecule has 0 radical (unpaired) electrons. The van der Waals surface area contributed by atoms with Crippen molar-refractivity contribution >= 4 is 5.69 Å². The number of aryl methyl sites for hydroxylation is 3. The Morgan fingerprint density at radius 1 is 0.886 bits per heavy atom. The van der Waals surface area contributed by atoms with E-state index in [0.717, 1.165) is 18.3 Å². The van der Waals surface area contributed by atoms with Gasteiger partial charge in [-0.05, 0) is 105 Å². The van der Waals surface area contributed by atoms with Crippen LogP contribution in [0.1, 0.15) is 107 Å². The van der Waals surface area contributed by atoms with E-state index in [1.165, 1.54) is 107 Å². The van der Waals surface area contributed by atoms with Crippen LogP contribution in [0.3, 0.4) is 0 Å². The van der Waals surface area contributed by atoms with E-state index in [1.807, 2.05) is 13.8 Å². The Kier molecular flexibility index (Phi) is 12.2. The highest BCUT2D eigenvalue weighted by atomic mass is 15.1. The van der Waals surface area contributed by atoms with Crippen molar-refractivity contribution < 1.29 is 0 Å². The van der Waals surface area contributed by atoms with Gasteiger partial charge in [-0.3, -0.25) is 0 Å². The Hall–Kier alpha value is -1.80. The predicted molar refractivity (Wildman–Crippen MR) is 155 cm³/mol. The number of anilines is 1. The van der Waals surface area contributed by atoms with Gasteiger partial charge in [-0.2, -0.15) is 0 Å². The van der Waals surface area contributed by atoms with Gasteiger partial charge in [0, 0.05) is 18.8 Å². The molecule has 1 aliphatic carbocycles.